The average molecular weight is 584 g/mol. The van der Waals surface area contributed by atoms with Crippen LogP contribution in [0.2, 0.25) is 0 Å². The van der Waals surface area contributed by atoms with Crippen LogP contribution in [0.4, 0.5) is 21.6 Å². The van der Waals surface area contributed by atoms with Crippen LogP contribution in [-0.4, -0.2) is 55.0 Å². The summed E-state index contributed by atoms with van der Waals surface area (Å²) in [6.07, 6.45) is 2.59. The number of aryl methyl sites for hydroxylation is 2. The number of nitrogens with zero attached hydrogens (tertiary/aromatic N) is 5. The van der Waals surface area contributed by atoms with Gasteiger partial charge in [0.05, 0.1) is 16.0 Å². The predicted molar refractivity (Wildman–Crippen MR) is 156 cm³/mol. The van der Waals surface area contributed by atoms with E-state index in [0.29, 0.717) is 29.2 Å². The largest absolute Gasteiger partial charge is 0.465 e. The number of amides is 1. The number of fused-ring (bicyclic) bond motifs is 1. The molecule has 1 atom stereocenters. The van der Waals surface area contributed by atoms with Gasteiger partial charge in [-0.2, -0.15) is 14.3 Å². The highest BCUT2D eigenvalue weighted by atomic mass is 32.2. The van der Waals surface area contributed by atoms with Crippen molar-refractivity contribution in [2.75, 3.05) is 17.2 Å². The first kappa shape index (κ1) is 27.8. The first-order valence-electron chi connectivity index (χ1n) is 13.0. The van der Waals surface area contributed by atoms with Crippen molar-refractivity contribution in [1.82, 2.24) is 23.2 Å². The molecule has 11 nitrogen and oxygen atoms in total. The van der Waals surface area contributed by atoms with Crippen molar-refractivity contribution in [1.29, 1.82) is 0 Å². The van der Waals surface area contributed by atoms with Crippen LogP contribution in [0.1, 0.15) is 51.3 Å². The van der Waals surface area contributed by atoms with E-state index < -0.39 is 27.2 Å². The molecule has 3 aromatic heterocycles. The highest BCUT2D eigenvalue weighted by molar-refractivity contribution is 7.90. The van der Waals surface area contributed by atoms with E-state index in [1.165, 1.54) is 22.6 Å². The quantitative estimate of drug-likeness (QED) is 0.256. The lowest BCUT2D eigenvalue weighted by Crippen LogP contribution is -2.65. The Kier molecular flexibility index (Phi) is 6.99. The van der Waals surface area contributed by atoms with Gasteiger partial charge in [0.15, 0.2) is 5.65 Å². The molecule has 1 amide bonds. The molecule has 13 heteroatoms. The van der Waals surface area contributed by atoms with Gasteiger partial charge in [-0.3, -0.25) is 4.90 Å². The maximum Gasteiger partial charge on any atom is 0.409 e. The predicted octanol–water partition coefficient (Wildman–Crippen LogP) is 5.80. The number of benzene rings is 1. The fraction of sp³-hybridized carbons (Fsp3) is 0.407. The maximum atomic E-state index is 13.7. The van der Waals surface area contributed by atoms with E-state index >= 15 is 0 Å². The summed E-state index contributed by atoms with van der Waals surface area (Å²) in [5.74, 6) is 0.508. The molecule has 1 aliphatic rings. The van der Waals surface area contributed by atoms with Crippen LogP contribution in [0.25, 0.3) is 11.0 Å². The Labute approximate surface area is 237 Å². The molecule has 1 aliphatic heterocycles. The minimum atomic E-state index is -3.99. The molecule has 4 aromatic rings. The smallest absolute Gasteiger partial charge is 0.409 e. The minimum absolute atomic E-state index is 0.131. The van der Waals surface area contributed by atoms with E-state index in [9.17, 15) is 18.3 Å². The Morgan fingerprint density at radius 2 is 1.82 bits per heavy atom. The van der Waals surface area contributed by atoms with Crippen LogP contribution in [-0.2, 0) is 10.0 Å². The zero-order valence-corrected chi connectivity index (χ0v) is 24.7. The number of rotatable bonds is 6. The summed E-state index contributed by atoms with van der Waals surface area (Å²) in [5.41, 5.74) is 0.419. The normalized spacial score (nSPS) is 18.2. The van der Waals surface area contributed by atoms with Crippen LogP contribution in [0, 0.1) is 19.3 Å². The van der Waals surface area contributed by atoms with Crippen molar-refractivity contribution >= 4 is 55.4 Å². The zero-order valence-electron chi connectivity index (χ0n) is 23.1. The molecular formula is C27H33N7O4S2. The number of hydrogen-bond acceptors (Lipinski definition) is 9. The maximum absolute atomic E-state index is 13.7. The second-order valence-electron chi connectivity index (χ2n) is 11.1. The second-order valence-corrected chi connectivity index (χ2v) is 13.8. The van der Waals surface area contributed by atoms with E-state index in [1.807, 2.05) is 40.7 Å². The van der Waals surface area contributed by atoms with Gasteiger partial charge in [-0.25, -0.2) is 17.2 Å². The Hall–Kier alpha value is -3.71. The Balaban J connectivity index is 1.70. The van der Waals surface area contributed by atoms with Gasteiger partial charge >= 0.3 is 6.09 Å². The van der Waals surface area contributed by atoms with Crippen LogP contribution in [0.15, 0.2) is 47.5 Å². The molecule has 40 heavy (non-hydrogen) atoms. The number of carboxylic acid groups (broad SMARTS) is 1. The van der Waals surface area contributed by atoms with Gasteiger partial charge < -0.3 is 15.7 Å². The first-order valence-corrected chi connectivity index (χ1v) is 15.2. The molecule has 1 aromatic carbocycles. The van der Waals surface area contributed by atoms with E-state index in [-0.39, 0.29) is 16.5 Å². The lowest BCUT2D eigenvalue weighted by molar-refractivity contribution is -0.00484. The van der Waals surface area contributed by atoms with E-state index in [4.69, 9.17) is 4.98 Å². The first-order chi connectivity index (χ1) is 18.8. The molecular weight excluding hydrogens is 550 g/mol. The third-order valence-electron chi connectivity index (χ3n) is 7.38. The lowest BCUT2D eigenvalue weighted by atomic mass is 9.74. The Morgan fingerprint density at radius 1 is 1.10 bits per heavy atom. The van der Waals surface area contributed by atoms with Gasteiger partial charge in [0.25, 0.3) is 10.0 Å². The second kappa shape index (κ2) is 10.0. The highest BCUT2D eigenvalue weighted by Gasteiger charge is 2.51. The molecule has 0 bridgehead atoms. The molecule has 0 saturated carbocycles. The summed E-state index contributed by atoms with van der Waals surface area (Å²) < 4.78 is 32.9. The standard InChI is InChI=1S/C27H33N7O4S2/c1-17-8-10-19(11-9-17)40(37,38)34-15-12-20-22(29-24(30-23(20)34)28-21-16-18(2)32-39-21)31-27(26(3,4)5)13-6-7-14-33(27)25(35)36/h8-12,15-16H,6-7,13-14H2,1-5H3,(H,35,36)(H2,28,29,30,31). The number of likely N-dealkylation sites (tertiary alicyclic amines) is 1. The lowest BCUT2D eigenvalue weighted by Gasteiger charge is -2.54. The van der Waals surface area contributed by atoms with E-state index in [2.05, 4.69) is 20.0 Å². The summed E-state index contributed by atoms with van der Waals surface area (Å²) in [4.78, 5) is 23.4. The van der Waals surface area contributed by atoms with E-state index in [1.54, 1.807) is 30.3 Å². The Bertz CT molecular complexity index is 1670. The summed E-state index contributed by atoms with van der Waals surface area (Å²) in [5, 5.41) is 18.0. The molecule has 1 saturated heterocycles. The topological polar surface area (TPSA) is 142 Å². The fourth-order valence-corrected chi connectivity index (χ4v) is 7.17. The highest BCUT2D eigenvalue weighted by Crippen LogP contribution is 2.44. The fourth-order valence-electron chi connectivity index (χ4n) is 5.22. The summed E-state index contributed by atoms with van der Waals surface area (Å²) in [6, 6.07) is 10.1. The third kappa shape index (κ3) is 4.87. The summed E-state index contributed by atoms with van der Waals surface area (Å²) >= 11 is 1.24. The summed E-state index contributed by atoms with van der Waals surface area (Å²) in [6.45, 7) is 10.1. The van der Waals surface area contributed by atoms with Crippen LogP contribution in [0.3, 0.4) is 0 Å². The van der Waals surface area contributed by atoms with Crippen molar-refractivity contribution in [2.24, 2.45) is 5.41 Å². The Morgan fingerprint density at radius 3 is 2.45 bits per heavy atom. The van der Waals surface area contributed by atoms with Gasteiger partial charge in [-0.15, -0.1) is 0 Å². The van der Waals surface area contributed by atoms with Crippen LogP contribution in [0.5, 0.6) is 0 Å². The number of carbonyl (C=O) groups is 1. The molecule has 5 rings (SSSR count). The molecule has 4 heterocycles. The van der Waals surface area contributed by atoms with Crippen molar-refractivity contribution in [3.63, 3.8) is 0 Å². The van der Waals surface area contributed by atoms with Crippen molar-refractivity contribution in [2.45, 2.75) is 64.4 Å². The van der Waals surface area contributed by atoms with Gasteiger partial charge in [0.2, 0.25) is 5.95 Å². The molecule has 0 aliphatic carbocycles. The molecule has 0 spiro atoms. The van der Waals surface area contributed by atoms with Gasteiger partial charge in [0.1, 0.15) is 16.5 Å². The van der Waals surface area contributed by atoms with E-state index in [0.717, 1.165) is 28.1 Å². The number of anilines is 3. The minimum Gasteiger partial charge on any atom is -0.465 e. The zero-order chi connectivity index (χ0) is 28.9. The number of piperidine rings is 1. The van der Waals surface area contributed by atoms with Crippen molar-refractivity contribution in [3.05, 3.63) is 53.9 Å². The van der Waals surface area contributed by atoms with Crippen molar-refractivity contribution < 1.29 is 18.3 Å². The molecule has 1 fully saturated rings. The summed E-state index contributed by atoms with van der Waals surface area (Å²) in [7, 11) is -3.99. The average Bonchev–Trinajstić information content (AvgIpc) is 3.50. The third-order valence-corrected chi connectivity index (χ3v) is 9.86. The van der Waals surface area contributed by atoms with Crippen LogP contribution >= 0.6 is 11.5 Å². The molecule has 3 N–H and O–H groups in total. The van der Waals surface area contributed by atoms with Gasteiger partial charge in [0, 0.05) is 18.2 Å². The molecule has 212 valence electrons. The van der Waals surface area contributed by atoms with Gasteiger partial charge in [-0.1, -0.05) is 38.5 Å². The van der Waals surface area contributed by atoms with Crippen molar-refractivity contribution in [3.8, 4) is 0 Å². The number of aromatic nitrogens is 4. The molecule has 1 unspecified atom stereocenters. The number of hydrogen-bond donors (Lipinski definition) is 3. The monoisotopic (exact) mass is 583 g/mol. The van der Waals surface area contributed by atoms with Gasteiger partial charge in [-0.05, 0) is 68.9 Å². The molecule has 0 radical (unpaired) electrons. The SMILES string of the molecule is Cc1ccc(S(=O)(=O)n2ccc3c(NC4(C(C)(C)C)CCCCN4C(=O)O)nc(Nc4cc(C)ns4)nc32)cc1. The van der Waals surface area contributed by atoms with Crippen LogP contribution < -0.4 is 10.6 Å². The number of nitrogens with one attached hydrogen (secondary N) is 2.